The van der Waals surface area contributed by atoms with Gasteiger partial charge < -0.3 is 9.15 Å². The summed E-state index contributed by atoms with van der Waals surface area (Å²) in [6.45, 7) is 2.36. The molecule has 1 aromatic carbocycles. The van der Waals surface area contributed by atoms with Gasteiger partial charge in [-0.3, -0.25) is 0 Å². The summed E-state index contributed by atoms with van der Waals surface area (Å²) in [6, 6.07) is 7.95. The number of ether oxygens (including phenoxy) is 1. The molecule has 3 rings (SSSR count). The summed E-state index contributed by atoms with van der Waals surface area (Å²) in [7, 11) is 0. The van der Waals surface area contributed by atoms with Crippen LogP contribution in [0.25, 0.3) is 0 Å². The fourth-order valence-electron chi connectivity index (χ4n) is 2.75. The van der Waals surface area contributed by atoms with Crippen LogP contribution in [-0.4, -0.2) is 16.0 Å². The number of hydrogen-bond donors (Lipinski definition) is 0. The minimum Gasteiger partial charge on any atom is -0.484 e. The van der Waals surface area contributed by atoms with Crippen molar-refractivity contribution < 1.29 is 9.15 Å². The average Bonchev–Trinajstić information content (AvgIpc) is 3.00. The van der Waals surface area contributed by atoms with Crippen LogP contribution in [0, 0.1) is 12.8 Å². The molecule has 0 saturated heterocycles. The van der Waals surface area contributed by atoms with Crippen LogP contribution in [0.4, 0.5) is 0 Å². The molecule has 4 nitrogen and oxygen atoms in total. The van der Waals surface area contributed by atoms with Crippen molar-refractivity contribution in [1.82, 2.24) is 10.2 Å². The topological polar surface area (TPSA) is 48.2 Å². The first-order chi connectivity index (χ1) is 10.8. The molecule has 1 aromatic heterocycles. The van der Waals surface area contributed by atoms with Crippen LogP contribution in [0.5, 0.6) is 5.75 Å². The summed E-state index contributed by atoms with van der Waals surface area (Å²) < 4.78 is 11.3. The van der Waals surface area contributed by atoms with E-state index in [1.165, 1.54) is 37.7 Å². The minimum atomic E-state index is 0.320. The Bertz CT molecular complexity index is 594. The molecule has 0 aliphatic heterocycles. The van der Waals surface area contributed by atoms with E-state index in [-0.39, 0.29) is 0 Å². The highest BCUT2D eigenvalue weighted by Crippen LogP contribution is 2.29. The van der Waals surface area contributed by atoms with Crippen molar-refractivity contribution in [3.8, 4) is 5.75 Å². The predicted molar refractivity (Wildman–Crippen MR) is 87.1 cm³/mol. The van der Waals surface area contributed by atoms with E-state index in [1.807, 2.05) is 31.2 Å². The van der Waals surface area contributed by atoms with Gasteiger partial charge in [0.2, 0.25) is 0 Å². The van der Waals surface area contributed by atoms with Gasteiger partial charge in [0.25, 0.3) is 11.1 Å². The molecule has 0 atom stereocenters. The highest BCUT2D eigenvalue weighted by molar-refractivity contribution is 7.99. The van der Waals surface area contributed by atoms with Gasteiger partial charge in [-0.2, -0.15) is 0 Å². The summed E-state index contributed by atoms with van der Waals surface area (Å²) in [5, 5.41) is 8.81. The van der Waals surface area contributed by atoms with Crippen molar-refractivity contribution in [2.45, 2.75) is 50.9 Å². The Morgan fingerprint density at radius 3 is 2.91 bits per heavy atom. The summed E-state index contributed by atoms with van der Waals surface area (Å²) in [4.78, 5) is 0. The second-order valence-electron chi connectivity index (χ2n) is 5.88. The van der Waals surface area contributed by atoms with Crippen LogP contribution >= 0.6 is 11.8 Å². The highest BCUT2D eigenvalue weighted by Gasteiger charge is 2.15. The molecular formula is C17H22N2O2S. The largest absolute Gasteiger partial charge is 0.484 e. The predicted octanol–water partition coefficient (Wildman–Crippen LogP) is 4.63. The van der Waals surface area contributed by atoms with E-state index in [2.05, 4.69) is 10.2 Å². The summed E-state index contributed by atoms with van der Waals surface area (Å²) in [5.74, 6) is 3.25. The lowest BCUT2D eigenvalue weighted by atomic mass is 9.91. The Kier molecular flexibility index (Phi) is 5.38. The molecule has 0 unspecified atom stereocenters. The lowest BCUT2D eigenvalue weighted by molar-refractivity contribution is 0.252. The smallest absolute Gasteiger partial charge is 0.276 e. The number of benzene rings is 1. The van der Waals surface area contributed by atoms with E-state index in [0.29, 0.717) is 17.7 Å². The summed E-state index contributed by atoms with van der Waals surface area (Å²) in [5.41, 5.74) is 1.17. The highest BCUT2D eigenvalue weighted by atomic mass is 32.2. The van der Waals surface area contributed by atoms with Crippen molar-refractivity contribution in [2.24, 2.45) is 5.92 Å². The van der Waals surface area contributed by atoms with Crippen LogP contribution in [0.3, 0.4) is 0 Å². The molecule has 1 saturated carbocycles. The SMILES string of the molecule is Cc1cccc(OCc2nnc(SCC3CCCCC3)o2)c1. The second kappa shape index (κ2) is 7.68. The van der Waals surface area contributed by atoms with Gasteiger partial charge >= 0.3 is 0 Å². The Morgan fingerprint density at radius 1 is 1.23 bits per heavy atom. The van der Waals surface area contributed by atoms with Crippen LogP contribution in [0.1, 0.15) is 43.6 Å². The summed E-state index contributed by atoms with van der Waals surface area (Å²) in [6.07, 6.45) is 6.80. The van der Waals surface area contributed by atoms with Crippen LogP contribution in [-0.2, 0) is 6.61 Å². The Labute approximate surface area is 135 Å². The third-order valence-corrected chi connectivity index (χ3v) is 5.02. The fourth-order valence-corrected chi connectivity index (χ4v) is 3.71. The first-order valence-electron chi connectivity index (χ1n) is 7.94. The van der Waals surface area contributed by atoms with Gasteiger partial charge in [-0.15, -0.1) is 10.2 Å². The zero-order valence-corrected chi connectivity index (χ0v) is 13.8. The quantitative estimate of drug-likeness (QED) is 0.727. The minimum absolute atomic E-state index is 0.320. The Morgan fingerprint density at radius 2 is 2.09 bits per heavy atom. The monoisotopic (exact) mass is 318 g/mol. The van der Waals surface area contributed by atoms with Crippen molar-refractivity contribution >= 4 is 11.8 Å². The van der Waals surface area contributed by atoms with Gasteiger partial charge in [-0.05, 0) is 43.4 Å². The van der Waals surface area contributed by atoms with Gasteiger partial charge in [0, 0.05) is 5.75 Å². The fraction of sp³-hybridized carbons (Fsp3) is 0.529. The second-order valence-corrected chi connectivity index (χ2v) is 6.85. The zero-order valence-electron chi connectivity index (χ0n) is 13.0. The normalized spacial score (nSPS) is 15.9. The van der Waals surface area contributed by atoms with E-state index in [4.69, 9.17) is 9.15 Å². The molecule has 1 heterocycles. The maximum atomic E-state index is 5.68. The molecular weight excluding hydrogens is 296 g/mol. The molecule has 22 heavy (non-hydrogen) atoms. The zero-order chi connectivity index (χ0) is 15.2. The van der Waals surface area contributed by atoms with E-state index in [0.717, 1.165) is 17.4 Å². The van der Waals surface area contributed by atoms with E-state index < -0.39 is 0 Å². The van der Waals surface area contributed by atoms with Gasteiger partial charge in [0.05, 0.1) is 0 Å². The third kappa shape index (κ3) is 4.50. The molecule has 2 aromatic rings. The van der Waals surface area contributed by atoms with Crippen LogP contribution in [0.15, 0.2) is 33.9 Å². The van der Waals surface area contributed by atoms with Crippen LogP contribution < -0.4 is 4.74 Å². The standard InChI is InChI=1S/C17H22N2O2S/c1-13-6-5-9-15(10-13)20-11-16-18-19-17(21-16)22-12-14-7-3-2-4-8-14/h5-6,9-10,14H,2-4,7-8,11-12H2,1H3. The van der Waals surface area contributed by atoms with Crippen molar-refractivity contribution in [3.05, 3.63) is 35.7 Å². The van der Waals surface area contributed by atoms with Gasteiger partial charge in [0.15, 0.2) is 6.61 Å². The first-order valence-corrected chi connectivity index (χ1v) is 8.93. The lowest BCUT2D eigenvalue weighted by Gasteiger charge is -2.19. The summed E-state index contributed by atoms with van der Waals surface area (Å²) >= 11 is 1.68. The van der Waals surface area contributed by atoms with Crippen LogP contribution in [0.2, 0.25) is 0 Å². The Balaban J connectivity index is 1.46. The molecule has 1 fully saturated rings. The third-order valence-electron chi connectivity index (χ3n) is 3.97. The molecule has 0 spiro atoms. The van der Waals surface area contributed by atoms with Gasteiger partial charge in [-0.1, -0.05) is 43.2 Å². The number of rotatable bonds is 6. The maximum absolute atomic E-state index is 5.68. The number of thioether (sulfide) groups is 1. The number of aromatic nitrogens is 2. The molecule has 118 valence electrons. The number of hydrogen-bond acceptors (Lipinski definition) is 5. The van der Waals surface area contributed by atoms with Crippen molar-refractivity contribution in [1.29, 1.82) is 0 Å². The molecule has 0 amide bonds. The molecule has 0 bridgehead atoms. The average molecular weight is 318 g/mol. The van der Waals surface area contributed by atoms with Gasteiger partial charge in [0.1, 0.15) is 5.75 Å². The molecule has 0 N–H and O–H groups in total. The van der Waals surface area contributed by atoms with Gasteiger partial charge in [-0.25, -0.2) is 0 Å². The maximum Gasteiger partial charge on any atom is 0.276 e. The molecule has 5 heteroatoms. The number of aryl methyl sites for hydroxylation is 1. The van der Waals surface area contributed by atoms with E-state index >= 15 is 0 Å². The van der Waals surface area contributed by atoms with Crippen molar-refractivity contribution in [2.75, 3.05) is 5.75 Å². The number of nitrogens with zero attached hydrogens (tertiary/aromatic N) is 2. The lowest BCUT2D eigenvalue weighted by Crippen LogP contribution is -2.08. The first kappa shape index (κ1) is 15.4. The molecule has 1 aliphatic rings. The Hall–Kier alpha value is -1.49. The molecule has 1 aliphatic carbocycles. The molecule has 0 radical (unpaired) electrons. The van der Waals surface area contributed by atoms with E-state index in [1.54, 1.807) is 11.8 Å². The van der Waals surface area contributed by atoms with E-state index in [9.17, 15) is 0 Å². The van der Waals surface area contributed by atoms with Crippen molar-refractivity contribution in [3.63, 3.8) is 0 Å².